The van der Waals surface area contributed by atoms with Crippen LogP contribution in [0.4, 0.5) is 4.79 Å². The Bertz CT molecular complexity index is 206. The Morgan fingerprint density at radius 1 is 1.12 bits per heavy atom. The van der Waals surface area contributed by atoms with E-state index in [9.17, 15) is 9.90 Å². The van der Waals surface area contributed by atoms with E-state index in [-0.39, 0.29) is 30.7 Å². The first-order valence-electron chi connectivity index (χ1n) is 5.90. The molecule has 4 heteroatoms. The van der Waals surface area contributed by atoms with E-state index in [4.69, 9.17) is 4.74 Å². The number of carbonyl (C=O) groups excluding carboxylic acids is 1. The van der Waals surface area contributed by atoms with Gasteiger partial charge in [0.15, 0.2) is 0 Å². The lowest BCUT2D eigenvalue weighted by Gasteiger charge is -2.30. The Morgan fingerprint density at radius 3 is 1.88 bits per heavy atom. The van der Waals surface area contributed by atoms with Crippen LogP contribution in [-0.2, 0) is 4.74 Å². The lowest BCUT2D eigenvalue weighted by Crippen LogP contribution is -2.43. The van der Waals surface area contributed by atoms with Crippen LogP contribution in [0.5, 0.6) is 0 Å². The molecule has 0 aromatic rings. The highest BCUT2D eigenvalue weighted by atomic mass is 16.6. The van der Waals surface area contributed by atoms with Crippen molar-refractivity contribution in [2.24, 2.45) is 5.92 Å². The minimum atomic E-state index is -0.592. The van der Waals surface area contributed by atoms with E-state index < -0.39 is 6.10 Å². The summed E-state index contributed by atoms with van der Waals surface area (Å²) in [5.41, 5.74) is 0. The van der Waals surface area contributed by atoms with Crippen LogP contribution in [0.25, 0.3) is 0 Å². The van der Waals surface area contributed by atoms with Crippen LogP contribution in [0.2, 0.25) is 0 Å². The van der Waals surface area contributed by atoms with E-state index in [0.717, 1.165) is 0 Å². The number of nitrogens with zero attached hydrogens (tertiary/aromatic N) is 1. The quantitative estimate of drug-likeness (QED) is 0.789. The lowest BCUT2D eigenvalue weighted by molar-refractivity contribution is 0.0189. The molecule has 0 spiro atoms. The molecular weight excluding hydrogens is 206 g/mol. The summed E-state index contributed by atoms with van der Waals surface area (Å²) < 4.78 is 5.09. The Hall–Kier alpha value is -0.770. The Morgan fingerprint density at radius 2 is 1.56 bits per heavy atom. The lowest BCUT2D eigenvalue weighted by atomic mass is 10.1. The van der Waals surface area contributed by atoms with E-state index in [1.807, 2.05) is 41.5 Å². The van der Waals surface area contributed by atoms with E-state index in [1.54, 1.807) is 4.90 Å². The number of aliphatic hydroxyl groups is 1. The van der Waals surface area contributed by atoms with Gasteiger partial charge in [-0.05, 0) is 33.6 Å². The number of rotatable bonds is 5. The molecule has 0 aliphatic carbocycles. The highest BCUT2D eigenvalue weighted by Crippen LogP contribution is 2.09. The van der Waals surface area contributed by atoms with Gasteiger partial charge in [0.05, 0.1) is 6.10 Å². The van der Waals surface area contributed by atoms with E-state index in [0.29, 0.717) is 0 Å². The molecule has 0 aromatic carbocycles. The van der Waals surface area contributed by atoms with Crippen molar-refractivity contribution < 1.29 is 14.6 Å². The molecule has 16 heavy (non-hydrogen) atoms. The molecule has 0 aliphatic rings. The largest absolute Gasteiger partial charge is 0.447 e. The average Bonchev–Trinajstić information content (AvgIpc) is 2.12. The number of ether oxygens (including phenoxy) is 1. The zero-order chi connectivity index (χ0) is 12.9. The molecule has 0 rings (SSSR count). The Labute approximate surface area is 98.6 Å². The van der Waals surface area contributed by atoms with Gasteiger partial charge in [-0.1, -0.05) is 13.8 Å². The fourth-order valence-corrected chi connectivity index (χ4v) is 1.44. The standard InChI is InChI=1S/C12H25NO3/c1-8(2)11(14)7-16-12(15)13(9(3)4)10(5)6/h8-11,14H,7H2,1-6H3. The molecule has 0 radical (unpaired) electrons. The third-order valence-corrected chi connectivity index (χ3v) is 2.47. The van der Waals surface area contributed by atoms with Gasteiger partial charge < -0.3 is 14.7 Å². The summed E-state index contributed by atoms with van der Waals surface area (Å²) in [6.45, 7) is 11.6. The van der Waals surface area contributed by atoms with Gasteiger partial charge in [0.25, 0.3) is 0 Å². The van der Waals surface area contributed by atoms with Crippen LogP contribution in [0.1, 0.15) is 41.5 Å². The average molecular weight is 231 g/mol. The second kappa shape index (κ2) is 6.74. The molecule has 0 heterocycles. The van der Waals surface area contributed by atoms with Crippen molar-refractivity contribution in [3.05, 3.63) is 0 Å². The number of amides is 1. The van der Waals surface area contributed by atoms with Crippen LogP contribution in [0.3, 0.4) is 0 Å². The maximum absolute atomic E-state index is 11.7. The highest BCUT2D eigenvalue weighted by molar-refractivity contribution is 5.68. The summed E-state index contributed by atoms with van der Waals surface area (Å²) in [6, 6.07) is 0.201. The molecule has 0 saturated carbocycles. The molecular formula is C12H25NO3. The molecule has 96 valence electrons. The highest BCUT2D eigenvalue weighted by Gasteiger charge is 2.22. The van der Waals surface area contributed by atoms with Crippen molar-refractivity contribution in [1.82, 2.24) is 4.90 Å². The Kier molecular flexibility index (Phi) is 6.41. The fraction of sp³-hybridized carbons (Fsp3) is 0.917. The van der Waals surface area contributed by atoms with Crippen molar-refractivity contribution in [3.63, 3.8) is 0 Å². The van der Waals surface area contributed by atoms with Crippen LogP contribution < -0.4 is 0 Å². The van der Waals surface area contributed by atoms with Gasteiger partial charge in [0.2, 0.25) is 0 Å². The SMILES string of the molecule is CC(C)C(O)COC(=O)N(C(C)C)C(C)C. The second-order valence-corrected chi connectivity index (χ2v) is 4.98. The van der Waals surface area contributed by atoms with Crippen LogP contribution in [-0.4, -0.2) is 40.9 Å². The smallest absolute Gasteiger partial charge is 0.410 e. The molecule has 0 bridgehead atoms. The molecule has 1 N–H and O–H groups in total. The van der Waals surface area contributed by atoms with E-state index in [1.165, 1.54) is 0 Å². The van der Waals surface area contributed by atoms with Crippen molar-refractivity contribution >= 4 is 6.09 Å². The predicted molar refractivity (Wildman–Crippen MR) is 64.3 cm³/mol. The monoisotopic (exact) mass is 231 g/mol. The van der Waals surface area contributed by atoms with Crippen molar-refractivity contribution in [1.29, 1.82) is 0 Å². The third-order valence-electron chi connectivity index (χ3n) is 2.47. The van der Waals surface area contributed by atoms with E-state index in [2.05, 4.69) is 0 Å². The summed E-state index contributed by atoms with van der Waals surface area (Å²) >= 11 is 0. The molecule has 0 aromatic heterocycles. The summed E-state index contributed by atoms with van der Waals surface area (Å²) in [5, 5.41) is 9.54. The number of hydrogen-bond donors (Lipinski definition) is 1. The van der Waals surface area contributed by atoms with Gasteiger partial charge in [-0.3, -0.25) is 0 Å². The van der Waals surface area contributed by atoms with Gasteiger partial charge in [0.1, 0.15) is 6.61 Å². The van der Waals surface area contributed by atoms with Gasteiger partial charge in [-0.2, -0.15) is 0 Å². The zero-order valence-electron chi connectivity index (χ0n) is 11.2. The maximum atomic E-state index is 11.7. The van der Waals surface area contributed by atoms with Gasteiger partial charge in [0, 0.05) is 12.1 Å². The Balaban J connectivity index is 4.22. The number of hydrogen-bond acceptors (Lipinski definition) is 3. The summed E-state index contributed by atoms with van der Waals surface area (Å²) in [5.74, 6) is 0.0966. The molecule has 0 fully saturated rings. The second-order valence-electron chi connectivity index (χ2n) is 4.98. The third kappa shape index (κ3) is 4.84. The normalized spacial score (nSPS) is 13.4. The first-order chi connectivity index (χ1) is 7.27. The zero-order valence-corrected chi connectivity index (χ0v) is 11.2. The predicted octanol–water partition coefficient (Wildman–Crippen LogP) is 2.26. The molecule has 1 unspecified atom stereocenters. The minimum Gasteiger partial charge on any atom is -0.447 e. The first kappa shape index (κ1) is 15.2. The van der Waals surface area contributed by atoms with Crippen LogP contribution in [0, 0.1) is 5.92 Å². The van der Waals surface area contributed by atoms with Crippen molar-refractivity contribution in [3.8, 4) is 0 Å². The number of carbonyl (C=O) groups is 1. The van der Waals surface area contributed by atoms with Gasteiger partial charge in [-0.25, -0.2) is 4.79 Å². The molecule has 1 amide bonds. The minimum absolute atomic E-state index is 0.0619. The topological polar surface area (TPSA) is 49.8 Å². The summed E-state index contributed by atoms with van der Waals surface area (Å²) in [6.07, 6.45) is -0.949. The molecule has 4 nitrogen and oxygen atoms in total. The summed E-state index contributed by atoms with van der Waals surface area (Å²) in [7, 11) is 0. The van der Waals surface area contributed by atoms with Crippen LogP contribution in [0.15, 0.2) is 0 Å². The first-order valence-corrected chi connectivity index (χ1v) is 5.90. The molecule has 0 aliphatic heterocycles. The van der Waals surface area contributed by atoms with Crippen molar-refractivity contribution in [2.45, 2.75) is 59.7 Å². The van der Waals surface area contributed by atoms with Gasteiger partial charge >= 0.3 is 6.09 Å². The van der Waals surface area contributed by atoms with Crippen LogP contribution >= 0.6 is 0 Å². The van der Waals surface area contributed by atoms with Crippen molar-refractivity contribution in [2.75, 3.05) is 6.61 Å². The van der Waals surface area contributed by atoms with E-state index >= 15 is 0 Å². The van der Waals surface area contributed by atoms with Gasteiger partial charge in [-0.15, -0.1) is 0 Å². The maximum Gasteiger partial charge on any atom is 0.410 e. The molecule has 0 saturated heterocycles. The number of aliphatic hydroxyl groups excluding tert-OH is 1. The fourth-order valence-electron chi connectivity index (χ4n) is 1.44. The molecule has 1 atom stereocenters. The summed E-state index contributed by atoms with van der Waals surface area (Å²) in [4.78, 5) is 13.4.